The van der Waals surface area contributed by atoms with E-state index in [9.17, 15) is 13.6 Å². The van der Waals surface area contributed by atoms with E-state index < -0.39 is 17.6 Å². The lowest BCUT2D eigenvalue weighted by Gasteiger charge is -2.19. The molecule has 17 heavy (non-hydrogen) atoms. The molecule has 1 atom stereocenters. The van der Waals surface area contributed by atoms with Crippen molar-refractivity contribution in [3.05, 3.63) is 35.4 Å². The Balaban J connectivity index is 2.88. The van der Waals surface area contributed by atoms with Crippen molar-refractivity contribution in [3.8, 4) is 0 Å². The molecule has 0 aliphatic heterocycles. The number of carbonyl (C=O) groups excluding carboxylic acids is 1. The van der Waals surface area contributed by atoms with Crippen LogP contribution in [0.1, 0.15) is 5.56 Å². The third-order valence-corrected chi connectivity index (χ3v) is 2.57. The van der Waals surface area contributed by atoms with Crippen molar-refractivity contribution in [3.63, 3.8) is 0 Å². The summed E-state index contributed by atoms with van der Waals surface area (Å²) in [5.41, 5.74) is 5.66. The van der Waals surface area contributed by atoms with Gasteiger partial charge in [0, 0.05) is 20.6 Å². The highest BCUT2D eigenvalue weighted by Crippen LogP contribution is 2.16. The van der Waals surface area contributed by atoms with E-state index in [1.165, 1.54) is 17.0 Å². The van der Waals surface area contributed by atoms with Gasteiger partial charge in [-0.25, -0.2) is 8.78 Å². The highest BCUT2D eigenvalue weighted by Gasteiger charge is 2.21. The molecule has 0 bridgehead atoms. The van der Waals surface area contributed by atoms with Gasteiger partial charge in [-0.05, 0) is 18.1 Å². The zero-order valence-electron chi connectivity index (χ0n) is 9.91. The zero-order chi connectivity index (χ0) is 13.0. The summed E-state index contributed by atoms with van der Waals surface area (Å²) < 4.78 is 26.4. The van der Waals surface area contributed by atoms with Crippen LogP contribution in [0.2, 0.25) is 0 Å². The molecule has 3 nitrogen and oxygen atoms in total. The Morgan fingerprint density at radius 2 is 2.06 bits per heavy atom. The van der Waals surface area contributed by atoms with Crippen molar-refractivity contribution in [1.82, 2.24) is 4.90 Å². The van der Waals surface area contributed by atoms with Crippen LogP contribution in [0.5, 0.6) is 0 Å². The van der Waals surface area contributed by atoms with Gasteiger partial charge in [0.1, 0.15) is 0 Å². The summed E-state index contributed by atoms with van der Waals surface area (Å²) in [6.07, 6.45) is 0.108. The highest BCUT2D eigenvalue weighted by atomic mass is 19.2. The van der Waals surface area contributed by atoms with E-state index in [-0.39, 0.29) is 24.4 Å². The Labute approximate surface area is 99.2 Å². The maximum atomic E-state index is 13.4. The number of nitrogens with zero attached hydrogens (tertiary/aromatic N) is 1. The van der Waals surface area contributed by atoms with E-state index in [1.807, 2.05) is 0 Å². The fourth-order valence-electron chi connectivity index (χ4n) is 1.61. The molecule has 1 aromatic rings. The fourth-order valence-corrected chi connectivity index (χ4v) is 1.61. The average molecular weight is 242 g/mol. The van der Waals surface area contributed by atoms with Crippen LogP contribution in [0.3, 0.4) is 0 Å². The first kappa shape index (κ1) is 13.6. The van der Waals surface area contributed by atoms with E-state index in [4.69, 9.17) is 5.73 Å². The Hall–Kier alpha value is -1.49. The van der Waals surface area contributed by atoms with Crippen molar-refractivity contribution in [2.45, 2.75) is 6.42 Å². The van der Waals surface area contributed by atoms with E-state index in [0.29, 0.717) is 0 Å². The summed E-state index contributed by atoms with van der Waals surface area (Å²) >= 11 is 0. The third-order valence-electron chi connectivity index (χ3n) is 2.57. The van der Waals surface area contributed by atoms with Gasteiger partial charge in [-0.3, -0.25) is 4.79 Å². The second kappa shape index (κ2) is 5.72. The quantitative estimate of drug-likeness (QED) is 0.861. The first-order valence-corrected chi connectivity index (χ1v) is 5.31. The van der Waals surface area contributed by atoms with Gasteiger partial charge in [0.05, 0.1) is 5.92 Å². The first-order valence-electron chi connectivity index (χ1n) is 5.31. The largest absolute Gasteiger partial charge is 0.349 e. The first-order chi connectivity index (χ1) is 7.97. The van der Waals surface area contributed by atoms with Gasteiger partial charge in [-0.1, -0.05) is 12.1 Å². The number of hydrogen-bond acceptors (Lipinski definition) is 2. The number of halogens is 2. The maximum Gasteiger partial charge on any atom is 0.226 e. The second-order valence-electron chi connectivity index (χ2n) is 4.08. The van der Waals surface area contributed by atoms with E-state index in [1.54, 1.807) is 14.1 Å². The van der Waals surface area contributed by atoms with Crippen LogP contribution >= 0.6 is 0 Å². The summed E-state index contributed by atoms with van der Waals surface area (Å²) in [4.78, 5) is 13.1. The lowest BCUT2D eigenvalue weighted by molar-refractivity contribution is -0.132. The third kappa shape index (κ3) is 3.23. The Bertz CT molecular complexity index is 407. The van der Waals surface area contributed by atoms with Gasteiger partial charge in [-0.15, -0.1) is 0 Å². The minimum atomic E-state index is -0.907. The molecule has 0 saturated carbocycles. The molecule has 1 amide bonds. The molecule has 0 aliphatic rings. The highest BCUT2D eigenvalue weighted by molar-refractivity contribution is 5.78. The fraction of sp³-hybridized carbons (Fsp3) is 0.417. The van der Waals surface area contributed by atoms with Crippen LogP contribution in [0.25, 0.3) is 0 Å². The zero-order valence-corrected chi connectivity index (χ0v) is 9.91. The van der Waals surface area contributed by atoms with Crippen molar-refractivity contribution >= 4 is 5.91 Å². The summed E-state index contributed by atoms with van der Waals surface area (Å²) in [5, 5.41) is 0. The molecule has 0 spiro atoms. The van der Waals surface area contributed by atoms with Crippen LogP contribution < -0.4 is 5.73 Å². The van der Waals surface area contributed by atoms with Crippen LogP contribution in [0.4, 0.5) is 8.78 Å². The standard InChI is InChI=1S/C12H16F2N2O/c1-16(2)12(17)9(7-15)6-8-4-3-5-10(13)11(8)14/h3-5,9H,6-7,15H2,1-2H3. The van der Waals surface area contributed by atoms with Gasteiger partial charge < -0.3 is 10.6 Å². The molecule has 0 heterocycles. The van der Waals surface area contributed by atoms with Crippen LogP contribution in [0.15, 0.2) is 18.2 Å². The normalized spacial score (nSPS) is 12.3. The Morgan fingerprint density at radius 3 is 2.59 bits per heavy atom. The predicted molar refractivity (Wildman–Crippen MR) is 61.3 cm³/mol. The smallest absolute Gasteiger partial charge is 0.226 e. The molecule has 5 heteroatoms. The summed E-state index contributed by atoms with van der Waals surface area (Å²) in [6, 6.07) is 3.93. The van der Waals surface area contributed by atoms with E-state index >= 15 is 0 Å². The predicted octanol–water partition coefficient (Wildman–Crippen LogP) is 1.17. The van der Waals surface area contributed by atoms with E-state index in [0.717, 1.165) is 6.07 Å². The summed E-state index contributed by atoms with van der Waals surface area (Å²) in [5.74, 6) is -2.52. The van der Waals surface area contributed by atoms with Crippen LogP contribution in [0, 0.1) is 17.6 Å². The number of nitrogens with two attached hydrogens (primary N) is 1. The number of carbonyl (C=O) groups is 1. The van der Waals surface area contributed by atoms with Gasteiger partial charge in [0.25, 0.3) is 0 Å². The van der Waals surface area contributed by atoms with Crippen molar-refractivity contribution in [1.29, 1.82) is 0 Å². The van der Waals surface area contributed by atoms with Gasteiger partial charge in [-0.2, -0.15) is 0 Å². The average Bonchev–Trinajstić information content (AvgIpc) is 2.30. The molecule has 2 N–H and O–H groups in total. The molecule has 1 unspecified atom stereocenters. The van der Waals surface area contributed by atoms with E-state index in [2.05, 4.69) is 0 Å². The van der Waals surface area contributed by atoms with Crippen molar-refractivity contribution in [2.24, 2.45) is 11.7 Å². The van der Waals surface area contributed by atoms with Crippen molar-refractivity contribution in [2.75, 3.05) is 20.6 Å². The topological polar surface area (TPSA) is 46.3 Å². The molecule has 94 valence electrons. The molecule has 0 aromatic heterocycles. The number of benzene rings is 1. The van der Waals surface area contributed by atoms with Gasteiger partial charge in [0.2, 0.25) is 5.91 Å². The van der Waals surface area contributed by atoms with Crippen LogP contribution in [-0.2, 0) is 11.2 Å². The number of hydrogen-bond donors (Lipinski definition) is 1. The Morgan fingerprint density at radius 1 is 1.41 bits per heavy atom. The molecule has 0 fully saturated rings. The Kier molecular flexibility index (Phi) is 4.57. The van der Waals surface area contributed by atoms with Crippen molar-refractivity contribution < 1.29 is 13.6 Å². The molecular formula is C12H16F2N2O. The molecule has 0 aliphatic carbocycles. The summed E-state index contributed by atoms with van der Waals surface area (Å²) in [6.45, 7) is 0.104. The molecular weight excluding hydrogens is 226 g/mol. The van der Waals surface area contributed by atoms with Crippen LogP contribution in [-0.4, -0.2) is 31.4 Å². The molecule has 0 saturated heterocycles. The number of amides is 1. The minimum Gasteiger partial charge on any atom is -0.349 e. The second-order valence-corrected chi connectivity index (χ2v) is 4.08. The SMILES string of the molecule is CN(C)C(=O)C(CN)Cc1cccc(F)c1F. The lowest BCUT2D eigenvalue weighted by atomic mass is 9.97. The monoisotopic (exact) mass is 242 g/mol. The molecule has 1 rings (SSSR count). The maximum absolute atomic E-state index is 13.4. The summed E-state index contributed by atoms with van der Waals surface area (Å²) in [7, 11) is 3.21. The molecule has 1 aromatic carbocycles. The lowest BCUT2D eigenvalue weighted by Crippen LogP contribution is -2.35. The number of rotatable bonds is 4. The van der Waals surface area contributed by atoms with Gasteiger partial charge >= 0.3 is 0 Å². The molecule has 0 radical (unpaired) electrons. The minimum absolute atomic E-state index is 0.104. The van der Waals surface area contributed by atoms with Gasteiger partial charge in [0.15, 0.2) is 11.6 Å².